The largest absolute Gasteiger partial charge is 0.479 e. The second kappa shape index (κ2) is 6.26. The number of aliphatic carboxylic acids is 1. The van der Waals surface area contributed by atoms with E-state index in [1.54, 1.807) is 43.3 Å². The maximum atomic E-state index is 12.2. The van der Waals surface area contributed by atoms with Crippen LogP contribution >= 0.6 is 0 Å². The van der Waals surface area contributed by atoms with Gasteiger partial charge in [0.15, 0.2) is 11.8 Å². The maximum Gasteiger partial charge on any atom is 0.330 e. The van der Waals surface area contributed by atoms with Crippen molar-refractivity contribution in [3.8, 4) is 0 Å². The number of benzene rings is 1. The van der Waals surface area contributed by atoms with Gasteiger partial charge in [0.2, 0.25) is 0 Å². The standard InChI is InChI=1S/C16H17NO4/c1-3-12-9-10(2)14(21-12)15(18)17-13(16(19)20)11-7-5-4-6-8-11/h4-9,13H,3H2,1-2H3,(H,17,18)(H,19,20)/t13-/m0/s1. The van der Waals surface area contributed by atoms with Crippen molar-refractivity contribution < 1.29 is 19.1 Å². The lowest BCUT2D eigenvalue weighted by Crippen LogP contribution is -2.33. The lowest BCUT2D eigenvalue weighted by Gasteiger charge is -2.14. The number of hydrogen-bond acceptors (Lipinski definition) is 3. The molecule has 0 fully saturated rings. The van der Waals surface area contributed by atoms with E-state index in [9.17, 15) is 14.7 Å². The van der Waals surface area contributed by atoms with Crippen molar-refractivity contribution in [1.82, 2.24) is 5.32 Å². The highest BCUT2D eigenvalue weighted by atomic mass is 16.4. The molecule has 2 aromatic rings. The summed E-state index contributed by atoms with van der Waals surface area (Å²) < 4.78 is 5.44. The van der Waals surface area contributed by atoms with E-state index in [0.29, 0.717) is 23.3 Å². The third-order valence-corrected chi connectivity index (χ3v) is 3.18. The Morgan fingerprint density at radius 3 is 2.48 bits per heavy atom. The first-order valence-corrected chi connectivity index (χ1v) is 6.70. The third-order valence-electron chi connectivity index (χ3n) is 3.18. The van der Waals surface area contributed by atoms with Crippen molar-refractivity contribution in [1.29, 1.82) is 0 Å². The van der Waals surface area contributed by atoms with E-state index in [1.165, 1.54) is 0 Å². The number of amides is 1. The van der Waals surface area contributed by atoms with Gasteiger partial charge in [0.05, 0.1) is 0 Å². The minimum Gasteiger partial charge on any atom is -0.479 e. The van der Waals surface area contributed by atoms with Crippen molar-refractivity contribution in [2.75, 3.05) is 0 Å². The smallest absolute Gasteiger partial charge is 0.330 e. The third kappa shape index (κ3) is 3.31. The zero-order chi connectivity index (χ0) is 15.4. The van der Waals surface area contributed by atoms with Gasteiger partial charge in [-0.3, -0.25) is 4.79 Å². The molecule has 1 aromatic carbocycles. The fraction of sp³-hybridized carbons (Fsp3) is 0.250. The lowest BCUT2D eigenvalue weighted by molar-refractivity contribution is -0.139. The molecule has 2 N–H and O–H groups in total. The summed E-state index contributed by atoms with van der Waals surface area (Å²) in [5, 5.41) is 11.8. The Bertz CT molecular complexity index is 646. The zero-order valence-corrected chi connectivity index (χ0v) is 11.9. The molecule has 0 aliphatic heterocycles. The van der Waals surface area contributed by atoms with E-state index in [0.717, 1.165) is 0 Å². The first-order valence-electron chi connectivity index (χ1n) is 6.70. The maximum absolute atomic E-state index is 12.2. The van der Waals surface area contributed by atoms with E-state index in [4.69, 9.17) is 4.42 Å². The van der Waals surface area contributed by atoms with Crippen LogP contribution in [-0.2, 0) is 11.2 Å². The van der Waals surface area contributed by atoms with Crippen LogP contribution in [0.3, 0.4) is 0 Å². The van der Waals surface area contributed by atoms with Gasteiger partial charge in [0, 0.05) is 12.0 Å². The van der Waals surface area contributed by atoms with Gasteiger partial charge < -0.3 is 14.8 Å². The highest BCUT2D eigenvalue weighted by Gasteiger charge is 2.25. The Morgan fingerprint density at radius 1 is 1.29 bits per heavy atom. The molecule has 0 saturated carbocycles. The van der Waals surface area contributed by atoms with Gasteiger partial charge in [-0.25, -0.2) is 4.79 Å². The second-order valence-corrected chi connectivity index (χ2v) is 4.73. The van der Waals surface area contributed by atoms with Gasteiger partial charge in [-0.05, 0) is 18.6 Å². The number of carbonyl (C=O) groups is 2. The highest BCUT2D eigenvalue weighted by Crippen LogP contribution is 2.18. The molecule has 1 aromatic heterocycles. The monoisotopic (exact) mass is 287 g/mol. The Kier molecular flexibility index (Phi) is 4.42. The van der Waals surface area contributed by atoms with Gasteiger partial charge in [-0.15, -0.1) is 0 Å². The predicted molar refractivity (Wildman–Crippen MR) is 77.1 cm³/mol. The van der Waals surface area contributed by atoms with E-state index in [-0.39, 0.29) is 5.76 Å². The first-order chi connectivity index (χ1) is 10.0. The second-order valence-electron chi connectivity index (χ2n) is 4.73. The normalized spacial score (nSPS) is 11.9. The van der Waals surface area contributed by atoms with Crippen LogP contribution in [0.25, 0.3) is 0 Å². The summed E-state index contributed by atoms with van der Waals surface area (Å²) in [6, 6.07) is 9.24. The molecule has 21 heavy (non-hydrogen) atoms. The van der Waals surface area contributed by atoms with Crippen molar-refractivity contribution in [3.05, 3.63) is 59.0 Å². The van der Waals surface area contributed by atoms with Crippen molar-refractivity contribution in [2.24, 2.45) is 0 Å². The van der Waals surface area contributed by atoms with E-state index in [1.807, 2.05) is 6.92 Å². The average Bonchev–Trinajstić information content (AvgIpc) is 2.86. The minimum atomic E-state index is -1.12. The van der Waals surface area contributed by atoms with Crippen LogP contribution < -0.4 is 5.32 Å². The van der Waals surface area contributed by atoms with Crippen molar-refractivity contribution in [2.45, 2.75) is 26.3 Å². The van der Waals surface area contributed by atoms with Gasteiger partial charge in [-0.2, -0.15) is 0 Å². The first kappa shape index (κ1) is 14.8. The highest BCUT2D eigenvalue weighted by molar-refractivity contribution is 5.95. The number of nitrogens with one attached hydrogen (secondary N) is 1. The summed E-state index contributed by atoms with van der Waals surface area (Å²) in [6.07, 6.45) is 0.676. The van der Waals surface area contributed by atoms with E-state index < -0.39 is 17.9 Å². The number of carboxylic acids is 1. The fourth-order valence-corrected chi connectivity index (χ4v) is 2.08. The SMILES string of the molecule is CCc1cc(C)c(C(=O)N[C@H](C(=O)O)c2ccccc2)o1. The number of furan rings is 1. The van der Waals surface area contributed by atoms with Gasteiger partial charge >= 0.3 is 5.97 Å². The van der Waals surface area contributed by atoms with E-state index >= 15 is 0 Å². The lowest BCUT2D eigenvalue weighted by atomic mass is 10.1. The summed E-state index contributed by atoms with van der Waals surface area (Å²) in [5.74, 6) is -0.781. The molecule has 0 aliphatic carbocycles. The number of carboxylic acid groups (broad SMARTS) is 1. The molecule has 2 rings (SSSR count). The van der Waals surface area contributed by atoms with Crippen LogP contribution in [0, 0.1) is 6.92 Å². The quantitative estimate of drug-likeness (QED) is 0.886. The van der Waals surface area contributed by atoms with Crippen LogP contribution in [0.5, 0.6) is 0 Å². The molecule has 1 atom stereocenters. The molecule has 0 unspecified atom stereocenters. The van der Waals surface area contributed by atoms with Crippen LogP contribution in [0.4, 0.5) is 0 Å². The molecule has 0 aliphatic rings. The Labute approximate surface area is 122 Å². The van der Waals surface area contributed by atoms with Gasteiger partial charge in [0.25, 0.3) is 5.91 Å². The summed E-state index contributed by atoms with van der Waals surface area (Å²) >= 11 is 0. The summed E-state index contributed by atoms with van der Waals surface area (Å²) in [6.45, 7) is 3.68. The van der Waals surface area contributed by atoms with Gasteiger partial charge in [-0.1, -0.05) is 37.3 Å². The Morgan fingerprint density at radius 2 is 1.95 bits per heavy atom. The van der Waals surface area contributed by atoms with E-state index in [2.05, 4.69) is 5.32 Å². The molecule has 1 heterocycles. The van der Waals surface area contributed by atoms with Crippen LogP contribution in [0.15, 0.2) is 40.8 Å². The van der Waals surface area contributed by atoms with Crippen LogP contribution in [-0.4, -0.2) is 17.0 Å². The molecular weight excluding hydrogens is 270 g/mol. The zero-order valence-electron chi connectivity index (χ0n) is 11.9. The average molecular weight is 287 g/mol. The number of carbonyl (C=O) groups excluding carboxylic acids is 1. The fourth-order valence-electron chi connectivity index (χ4n) is 2.08. The minimum absolute atomic E-state index is 0.161. The Balaban J connectivity index is 2.23. The predicted octanol–water partition coefficient (Wildman–Crippen LogP) is 2.71. The molecule has 5 nitrogen and oxygen atoms in total. The van der Waals surface area contributed by atoms with Crippen molar-refractivity contribution >= 4 is 11.9 Å². The summed E-state index contributed by atoms with van der Waals surface area (Å²) in [4.78, 5) is 23.6. The van der Waals surface area contributed by atoms with Crippen molar-refractivity contribution in [3.63, 3.8) is 0 Å². The molecule has 5 heteroatoms. The number of rotatable bonds is 5. The molecule has 0 spiro atoms. The molecule has 0 saturated heterocycles. The van der Waals surface area contributed by atoms with Crippen LogP contribution in [0.1, 0.15) is 40.4 Å². The molecule has 110 valence electrons. The molecule has 0 bridgehead atoms. The Hall–Kier alpha value is -2.56. The molecular formula is C16H17NO4. The summed E-state index contributed by atoms with van der Waals surface area (Å²) in [7, 11) is 0. The molecule has 0 radical (unpaired) electrons. The topological polar surface area (TPSA) is 79.5 Å². The van der Waals surface area contributed by atoms with Crippen LogP contribution in [0.2, 0.25) is 0 Å². The number of hydrogen-bond donors (Lipinski definition) is 2. The summed E-state index contributed by atoms with van der Waals surface area (Å²) in [5.41, 5.74) is 1.21. The number of aryl methyl sites for hydroxylation is 2. The molecule has 1 amide bonds. The van der Waals surface area contributed by atoms with Gasteiger partial charge in [0.1, 0.15) is 5.76 Å².